The van der Waals surface area contributed by atoms with E-state index in [1.54, 1.807) is 24.3 Å². The first-order chi connectivity index (χ1) is 10.3. The molecule has 2 amide bonds. The van der Waals surface area contributed by atoms with Gasteiger partial charge in [-0.15, -0.1) is 0 Å². The van der Waals surface area contributed by atoms with E-state index in [4.69, 9.17) is 12.2 Å². The van der Waals surface area contributed by atoms with Crippen molar-refractivity contribution < 1.29 is 9.59 Å². The first-order valence-electron chi connectivity index (χ1n) is 7.29. The number of thiocarbonyl (C=S) groups is 1. The molecule has 1 aromatic rings. The largest absolute Gasteiger partial charge is 0.332 e. The Balaban J connectivity index is 2.52. The molecule has 0 fully saturated rings. The number of carbonyl (C=O) groups excluding carboxylic acids is 2. The zero-order valence-corrected chi connectivity index (χ0v) is 14.2. The minimum Gasteiger partial charge on any atom is -0.332 e. The summed E-state index contributed by atoms with van der Waals surface area (Å²) in [7, 11) is 0. The van der Waals surface area contributed by atoms with E-state index in [1.807, 2.05) is 27.7 Å². The molecule has 1 rings (SSSR count). The smallest absolute Gasteiger partial charge is 0.226 e. The van der Waals surface area contributed by atoms with Crippen molar-refractivity contribution in [2.24, 2.45) is 11.8 Å². The first kappa shape index (κ1) is 18.1. The van der Waals surface area contributed by atoms with Gasteiger partial charge in [-0.2, -0.15) is 0 Å². The van der Waals surface area contributed by atoms with Gasteiger partial charge in [-0.1, -0.05) is 27.7 Å². The Morgan fingerprint density at radius 1 is 1.00 bits per heavy atom. The molecule has 0 aliphatic heterocycles. The minimum absolute atomic E-state index is 0.0304. The highest BCUT2D eigenvalue weighted by molar-refractivity contribution is 7.80. The van der Waals surface area contributed by atoms with Crippen LogP contribution in [0.5, 0.6) is 0 Å². The highest BCUT2D eigenvalue weighted by atomic mass is 32.1. The van der Waals surface area contributed by atoms with Crippen LogP contribution in [0.3, 0.4) is 0 Å². The van der Waals surface area contributed by atoms with Gasteiger partial charge in [0.05, 0.1) is 0 Å². The summed E-state index contributed by atoms with van der Waals surface area (Å²) in [6, 6.07) is 7.13. The Labute approximate surface area is 136 Å². The van der Waals surface area contributed by atoms with Gasteiger partial charge in [-0.25, -0.2) is 0 Å². The van der Waals surface area contributed by atoms with E-state index in [2.05, 4.69) is 16.0 Å². The molecule has 0 saturated carbocycles. The van der Waals surface area contributed by atoms with E-state index < -0.39 is 0 Å². The van der Waals surface area contributed by atoms with Crippen molar-refractivity contribution in [2.45, 2.75) is 34.1 Å². The number of carbonyl (C=O) groups is 2. The average Bonchev–Trinajstić information content (AvgIpc) is 2.39. The predicted molar refractivity (Wildman–Crippen MR) is 93.7 cm³/mol. The van der Waals surface area contributed by atoms with Crippen LogP contribution in [-0.4, -0.2) is 16.9 Å². The molecule has 6 heteroatoms. The van der Waals surface area contributed by atoms with Gasteiger partial charge in [0.25, 0.3) is 0 Å². The van der Waals surface area contributed by atoms with Crippen molar-refractivity contribution >= 4 is 40.5 Å². The lowest BCUT2D eigenvalue weighted by Crippen LogP contribution is -2.34. The van der Waals surface area contributed by atoms with E-state index in [9.17, 15) is 9.59 Å². The monoisotopic (exact) mass is 321 g/mol. The van der Waals surface area contributed by atoms with Gasteiger partial charge >= 0.3 is 0 Å². The second-order valence-electron chi connectivity index (χ2n) is 5.82. The van der Waals surface area contributed by atoms with Crippen LogP contribution in [0.4, 0.5) is 11.4 Å². The zero-order chi connectivity index (χ0) is 16.7. The Bertz CT molecular complexity index is 539. The third kappa shape index (κ3) is 6.67. The van der Waals surface area contributed by atoms with Crippen LogP contribution in [0, 0.1) is 11.8 Å². The van der Waals surface area contributed by atoms with Crippen LogP contribution >= 0.6 is 12.2 Å². The molecule has 0 saturated heterocycles. The normalized spacial score (nSPS) is 10.5. The van der Waals surface area contributed by atoms with Crippen molar-refractivity contribution in [3.8, 4) is 0 Å². The number of hydrogen-bond acceptors (Lipinski definition) is 3. The minimum atomic E-state index is -0.103. The standard InChI is InChI=1S/C16H23N3O2S/c1-10(2)9-14(20)19-16(22)18-13-7-5-12(6-8-13)17-15(21)11(3)4/h5-8,10-11H,9H2,1-4H3,(H,17,21)(H2,18,19,20,22). The van der Waals surface area contributed by atoms with Crippen LogP contribution in [0.15, 0.2) is 24.3 Å². The Morgan fingerprint density at radius 3 is 1.95 bits per heavy atom. The third-order valence-corrected chi connectivity index (χ3v) is 2.99. The SMILES string of the molecule is CC(C)CC(=O)NC(=S)Nc1ccc(NC(=O)C(C)C)cc1. The van der Waals surface area contributed by atoms with Crippen molar-refractivity contribution in [3.05, 3.63) is 24.3 Å². The lowest BCUT2D eigenvalue weighted by atomic mass is 10.1. The van der Waals surface area contributed by atoms with E-state index in [0.717, 1.165) is 11.4 Å². The highest BCUT2D eigenvalue weighted by Crippen LogP contribution is 2.14. The number of amides is 2. The van der Waals surface area contributed by atoms with E-state index >= 15 is 0 Å². The molecule has 0 bridgehead atoms. The molecular weight excluding hydrogens is 298 g/mol. The Kier molecular flexibility index (Phi) is 6.98. The van der Waals surface area contributed by atoms with Crippen LogP contribution in [0.1, 0.15) is 34.1 Å². The van der Waals surface area contributed by atoms with Crippen molar-refractivity contribution in [1.29, 1.82) is 0 Å². The van der Waals surface area contributed by atoms with Gasteiger partial charge in [0.15, 0.2) is 5.11 Å². The van der Waals surface area contributed by atoms with Crippen molar-refractivity contribution in [3.63, 3.8) is 0 Å². The summed E-state index contributed by atoms with van der Waals surface area (Å²) in [5, 5.41) is 8.64. The first-order valence-corrected chi connectivity index (χ1v) is 7.70. The number of benzene rings is 1. The van der Waals surface area contributed by atoms with Gasteiger partial charge in [-0.3, -0.25) is 9.59 Å². The molecule has 3 N–H and O–H groups in total. The molecule has 5 nitrogen and oxygen atoms in total. The molecule has 1 aromatic carbocycles. The molecule has 0 aliphatic carbocycles. The maximum Gasteiger partial charge on any atom is 0.226 e. The number of nitrogens with one attached hydrogen (secondary N) is 3. The molecule has 0 atom stereocenters. The summed E-state index contributed by atoms with van der Waals surface area (Å²) in [6.45, 7) is 7.62. The maximum absolute atomic E-state index is 11.6. The van der Waals surface area contributed by atoms with Crippen LogP contribution < -0.4 is 16.0 Å². The molecule has 0 aromatic heterocycles. The second kappa shape index (κ2) is 8.48. The lowest BCUT2D eigenvalue weighted by Gasteiger charge is -2.12. The molecule has 0 aliphatic rings. The quantitative estimate of drug-likeness (QED) is 0.729. The van der Waals surface area contributed by atoms with Crippen molar-refractivity contribution in [1.82, 2.24) is 5.32 Å². The number of anilines is 2. The van der Waals surface area contributed by atoms with Gasteiger partial charge < -0.3 is 16.0 Å². The Hall–Kier alpha value is -1.95. The van der Waals surface area contributed by atoms with Gasteiger partial charge in [0, 0.05) is 23.7 Å². The fourth-order valence-corrected chi connectivity index (χ4v) is 1.87. The summed E-state index contributed by atoms with van der Waals surface area (Å²) in [5.74, 6) is 0.0821. The summed E-state index contributed by atoms with van der Waals surface area (Å²) in [4.78, 5) is 23.2. The fourth-order valence-electron chi connectivity index (χ4n) is 1.63. The van der Waals surface area contributed by atoms with Crippen molar-refractivity contribution in [2.75, 3.05) is 10.6 Å². The highest BCUT2D eigenvalue weighted by Gasteiger charge is 2.08. The maximum atomic E-state index is 11.6. The topological polar surface area (TPSA) is 70.2 Å². The summed E-state index contributed by atoms with van der Waals surface area (Å²) in [5.41, 5.74) is 1.47. The number of hydrogen-bond donors (Lipinski definition) is 3. The number of rotatable bonds is 5. The third-order valence-electron chi connectivity index (χ3n) is 2.78. The summed E-state index contributed by atoms with van der Waals surface area (Å²) < 4.78 is 0. The van der Waals surface area contributed by atoms with E-state index in [0.29, 0.717) is 6.42 Å². The molecule has 120 valence electrons. The van der Waals surface area contributed by atoms with E-state index in [1.165, 1.54) is 0 Å². The van der Waals surface area contributed by atoms with E-state index in [-0.39, 0.29) is 28.8 Å². The lowest BCUT2D eigenvalue weighted by molar-refractivity contribution is -0.120. The molecular formula is C16H23N3O2S. The molecule has 0 unspecified atom stereocenters. The van der Waals surface area contributed by atoms with Gasteiger partial charge in [-0.05, 0) is 42.4 Å². The molecule has 0 heterocycles. The molecule has 0 radical (unpaired) electrons. The zero-order valence-electron chi connectivity index (χ0n) is 13.4. The predicted octanol–water partition coefficient (Wildman–Crippen LogP) is 3.14. The second-order valence-corrected chi connectivity index (χ2v) is 6.23. The molecule has 22 heavy (non-hydrogen) atoms. The summed E-state index contributed by atoms with van der Waals surface area (Å²) in [6.07, 6.45) is 0.433. The average molecular weight is 321 g/mol. The van der Waals surface area contributed by atoms with Gasteiger partial charge in [0.1, 0.15) is 0 Å². The Morgan fingerprint density at radius 2 is 1.50 bits per heavy atom. The van der Waals surface area contributed by atoms with Crippen LogP contribution in [0.25, 0.3) is 0 Å². The fraction of sp³-hybridized carbons (Fsp3) is 0.438. The van der Waals surface area contributed by atoms with Gasteiger partial charge in [0.2, 0.25) is 11.8 Å². The van der Waals surface area contributed by atoms with Crippen LogP contribution in [-0.2, 0) is 9.59 Å². The summed E-state index contributed by atoms with van der Waals surface area (Å²) >= 11 is 5.09. The molecule has 0 spiro atoms. The van der Waals surface area contributed by atoms with Crippen LogP contribution in [0.2, 0.25) is 0 Å².